The van der Waals surface area contributed by atoms with Crippen molar-refractivity contribution >= 4 is 23.2 Å². The molecule has 2 heterocycles. The first-order chi connectivity index (χ1) is 11.2. The molecule has 0 bridgehead atoms. The van der Waals surface area contributed by atoms with Gasteiger partial charge in [-0.3, -0.25) is 9.48 Å². The fourth-order valence-electron chi connectivity index (χ4n) is 2.38. The third-order valence-electron chi connectivity index (χ3n) is 3.47. The van der Waals surface area contributed by atoms with E-state index in [-0.39, 0.29) is 31.7 Å². The van der Waals surface area contributed by atoms with Crippen LogP contribution in [0.2, 0.25) is 0 Å². The number of ether oxygens (including phenoxy) is 2. The molecule has 0 spiro atoms. The number of benzene rings is 1. The third-order valence-corrected chi connectivity index (χ3v) is 3.70. The monoisotopic (exact) mass is 339 g/mol. The number of hydrogen-bond donors (Lipinski definition) is 0. The van der Waals surface area contributed by atoms with E-state index in [2.05, 4.69) is 5.10 Å². The lowest BCUT2D eigenvalue weighted by molar-refractivity contribution is -0.116. The quantitative estimate of drug-likeness (QED) is 0.758. The van der Waals surface area contributed by atoms with Gasteiger partial charge >= 0.3 is 0 Å². The normalized spacial score (nSPS) is 12.4. The zero-order chi connectivity index (χ0) is 16.2. The van der Waals surface area contributed by atoms with Gasteiger partial charge < -0.3 is 14.4 Å². The number of rotatable bonds is 6. The van der Waals surface area contributed by atoms with Crippen molar-refractivity contribution in [2.24, 2.45) is 0 Å². The average molecular weight is 340 g/mol. The molecule has 1 amide bonds. The van der Waals surface area contributed by atoms with Gasteiger partial charge in [0.2, 0.25) is 12.7 Å². The van der Waals surface area contributed by atoms with Crippen LogP contribution in [-0.2, 0) is 17.9 Å². The Morgan fingerprint density at radius 2 is 2.30 bits per heavy atom. The first-order valence-corrected chi connectivity index (χ1v) is 7.58. The van der Waals surface area contributed by atoms with E-state index in [1.807, 2.05) is 12.1 Å². The highest BCUT2D eigenvalue weighted by Crippen LogP contribution is 2.36. The number of halogens is 2. The molecule has 0 saturated heterocycles. The number of aromatic nitrogens is 2. The molecule has 1 aliphatic rings. The lowest BCUT2D eigenvalue weighted by Crippen LogP contribution is -2.31. The van der Waals surface area contributed by atoms with Crippen LogP contribution in [0.25, 0.3) is 0 Å². The zero-order valence-corrected chi connectivity index (χ0v) is 13.0. The number of anilines is 1. The van der Waals surface area contributed by atoms with Crippen LogP contribution in [0, 0.1) is 0 Å². The molecule has 0 saturated carbocycles. The summed E-state index contributed by atoms with van der Waals surface area (Å²) in [5, 5.41) is 4.04. The van der Waals surface area contributed by atoms with Crippen LogP contribution >= 0.6 is 11.6 Å². The highest BCUT2D eigenvalue weighted by atomic mass is 35.5. The Morgan fingerprint density at radius 1 is 1.43 bits per heavy atom. The first kappa shape index (κ1) is 15.6. The number of aryl methyl sites for hydroxylation is 1. The zero-order valence-electron chi connectivity index (χ0n) is 12.2. The number of hydrogen-bond acceptors (Lipinski definition) is 4. The topological polar surface area (TPSA) is 56.6 Å². The van der Waals surface area contributed by atoms with Crippen molar-refractivity contribution in [2.45, 2.75) is 13.1 Å². The summed E-state index contributed by atoms with van der Waals surface area (Å²) in [5.41, 5.74) is 1.36. The van der Waals surface area contributed by atoms with Crippen molar-refractivity contribution in [3.05, 3.63) is 36.2 Å². The van der Waals surface area contributed by atoms with Gasteiger partial charge in [0, 0.05) is 11.8 Å². The van der Waals surface area contributed by atoms with E-state index in [9.17, 15) is 9.18 Å². The van der Waals surface area contributed by atoms with E-state index in [4.69, 9.17) is 21.1 Å². The van der Waals surface area contributed by atoms with Gasteiger partial charge in [0.05, 0.1) is 25.0 Å². The SMILES string of the molecule is O=C(CCl)N(Cc1cccc2c1OCO2)c1cnn(CCF)c1. The smallest absolute Gasteiger partial charge is 0.242 e. The number of carbonyl (C=O) groups is 1. The largest absolute Gasteiger partial charge is 0.454 e. The van der Waals surface area contributed by atoms with Crippen molar-refractivity contribution in [1.29, 1.82) is 0 Å². The highest BCUT2D eigenvalue weighted by Gasteiger charge is 2.23. The van der Waals surface area contributed by atoms with Crippen LogP contribution in [0.15, 0.2) is 30.6 Å². The molecule has 8 heteroatoms. The van der Waals surface area contributed by atoms with E-state index in [0.29, 0.717) is 17.2 Å². The Kier molecular flexibility index (Phi) is 4.66. The Balaban J connectivity index is 1.88. The Labute approximate surface area is 137 Å². The second kappa shape index (κ2) is 6.87. The minimum Gasteiger partial charge on any atom is -0.454 e. The maximum Gasteiger partial charge on any atom is 0.242 e. The number of para-hydroxylation sites is 1. The molecule has 0 N–H and O–H groups in total. The van der Waals surface area contributed by atoms with Gasteiger partial charge in [0.1, 0.15) is 12.6 Å². The number of alkyl halides is 2. The van der Waals surface area contributed by atoms with Gasteiger partial charge in [-0.2, -0.15) is 5.10 Å². The number of nitrogens with zero attached hydrogens (tertiary/aromatic N) is 3. The van der Waals surface area contributed by atoms with Crippen LogP contribution in [0.1, 0.15) is 5.56 Å². The molecule has 122 valence electrons. The van der Waals surface area contributed by atoms with Crippen LogP contribution in [0.4, 0.5) is 10.1 Å². The summed E-state index contributed by atoms with van der Waals surface area (Å²) < 4.78 is 24.7. The fraction of sp³-hybridized carbons (Fsp3) is 0.333. The lowest BCUT2D eigenvalue weighted by Gasteiger charge is -2.20. The summed E-state index contributed by atoms with van der Waals surface area (Å²) in [5.74, 6) is 0.827. The molecule has 0 aliphatic carbocycles. The van der Waals surface area contributed by atoms with Crippen LogP contribution < -0.4 is 14.4 Å². The van der Waals surface area contributed by atoms with Gasteiger partial charge in [0.25, 0.3) is 0 Å². The highest BCUT2D eigenvalue weighted by molar-refractivity contribution is 6.29. The van der Waals surface area contributed by atoms with Gasteiger partial charge in [-0.05, 0) is 6.07 Å². The standard InChI is InChI=1S/C15H15ClFN3O3/c16-6-14(21)20(12-7-18-19(9-12)5-4-17)8-11-2-1-3-13-15(11)23-10-22-13/h1-3,7,9H,4-6,8,10H2. The molecular formula is C15H15ClFN3O3. The van der Waals surface area contributed by atoms with Crippen LogP contribution in [0.3, 0.4) is 0 Å². The van der Waals surface area contributed by atoms with Crippen molar-refractivity contribution in [1.82, 2.24) is 9.78 Å². The number of fused-ring (bicyclic) bond motifs is 1. The van der Waals surface area contributed by atoms with Crippen molar-refractivity contribution in [3.8, 4) is 11.5 Å². The first-order valence-electron chi connectivity index (χ1n) is 7.05. The molecule has 23 heavy (non-hydrogen) atoms. The minimum absolute atomic E-state index is 0.139. The molecule has 0 radical (unpaired) electrons. The van der Waals surface area contributed by atoms with Crippen LogP contribution in [0.5, 0.6) is 11.5 Å². The Hall–Kier alpha value is -2.28. The van der Waals surface area contributed by atoms with Crippen molar-refractivity contribution in [2.75, 3.05) is 24.2 Å². The third kappa shape index (κ3) is 3.24. The number of amides is 1. The van der Waals surface area contributed by atoms with Gasteiger partial charge in [-0.1, -0.05) is 12.1 Å². The molecule has 1 aromatic carbocycles. The number of carbonyl (C=O) groups excluding carboxylic acids is 1. The molecule has 0 unspecified atom stereocenters. The molecule has 1 aliphatic heterocycles. The summed E-state index contributed by atoms with van der Waals surface area (Å²) in [7, 11) is 0. The predicted octanol–water partition coefficient (Wildman–Crippen LogP) is 2.35. The molecule has 1 aromatic heterocycles. The van der Waals surface area contributed by atoms with Gasteiger partial charge in [0.15, 0.2) is 11.5 Å². The lowest BCUT2D eigenvalue weighted by atomic mass is 10.1. The van der Waals surface area contributed by atoms with E-state index in [1.165, 1.54) is 15.8 Å². The Morgan fingerprint density at radius 3 is 3.09 bits per heavy atom. The second-order valence-corrected chi connectivity index (χ2v) is 5.18. The summed E-state index contributed by atoms with van der Waals surface area (Å²) >= 11 is 5.71. The fourth-order valence-corrected chi connectivity index (χ4v) is 2.53. The van der Waals surface area contributed by atoms with E-state index in [1.54, 1.807) is 12.3 Å². The van der Waals surface area contributed by atoms with Crippen LogP contribution in [-0.4, -0.2) is 35.0 Å². The Bertz CT molecular complexity index is 707. The van der Waals surface area contributed by atoms with E-state index >= 15 is 0 Å². The van der Waals surface area contributed by atoms with Gasteiger partial charge in [-0.15, -0.1) is 11.6 Å². The summed E-state index contributed by atoms with van der Waals surface area (Å²) in [6.07, 6.45) is 3.13. The second-order valence-electron chi connectivity index (χ2n) is 4.92. The van der Waals surface area contributed by atoms with Crippen molar-refractivity contribution in [3.63, 3.8) is 0 Å². The van der Waals surface area contributed by atoms with E-state index < -0.39 is 6.67 Å². The summed E-state index contributed by atoms with van der Waals surface area (Å²) in [6, 6.07) is 5.49. The summed E-state index contributed by atoms with van der Waals surface area (Å²) in [4.78, 5) is 13.7. The molecule has 2 aromatic rings. The minimum atomic E-state index is -0.526. The molecule has 3 rings (SSSR count). The maximum atomic E-state index is 12.4. The molecule has 6 nitrogen and oxygen atoms in total. The van der Waals surface area contributed by atoms with E-state index in [0.717, 1.165) is 5.56 Å². The summed E-state index contributed by atoms with van der Waals surface area (Å²) in [6.45, 7) is 0.0339. The maximum absolute atomic E-state index is 12.4. The van der Waals surface area contributed by atoms with Gasteiger partial charge in [-0.25, -0.2) is 4.39 Å². The van der Waals surface area contributed by atoms with Crippen molar-refractivity contribution < 1.29 is 18.7 Å². The predicted molar refractivity (Wildman–Crippen MR) is 82.7 cm³/mol. The molecule has 0 atom stereocenters. The molecule has 0 fully saturated rings. The molecular weight excluding hydrogens is 325 g/mol. The average Bonchev–Trinajstić information content (AvgIpc) is 3.21.